The van der Waals surface area contributed by atoms with Crippen molar-refractivity contribution in [2.75, 3.05) is 26.0 Å². The van der Waals surface area contributed by atoms with Crippen LogP contribution in [0.15, 0.2) is 24.3 Å². The quantitative estimate of drug-likeness (QED) is 0.797. The van der Waals surface area contributed by atoms with Crippen LogP contribution in [0.5, 0.6) is 0 Å². The standard InChI is InChI=1S/C12H18N2O2/c1-9(14(2)3)8-13-11-6-4-5-10(7-11)12(15)16/h4-7,9,13H,8H2,1-3H3,(H,15,16). The Hall–Kier alpha value is -1.55. The molecular weight excluding hydrogens is 204 g/mol. The maximum atomic E-state index is 10.8. The number of nitrogens with one attached hydrogen (secondary N) is 1. The first kappa shape index (κ1) is 12.5. The van der Waals surface area contributed by atoms with Crippen molar-refractivity contribution < 1.29 is 9.90 Å². The Bertz CT molecular complexity index is 364. The third kappa shape index (κ3) is 3.55. The van der Waals surface area contributed by atoms with Crippen LogP contribution in [0.1, 0.15) is 17.3 Å². The molecule has 0 aliphatic heterocycles. The van der Waals surface area contributed by atoms with E-state index in [9.17, 15) is 4.79 Å². The molecule has 0 saturated heterocycles. The minimum atomic E-state index is -0.899. The summed E-state index contributed by atoms with van der Waals surface area (Å²) in [6.45, 7) is 2.89. The van der Waals surface area contributed by atoms with Crippen molar-refractivity contribution in [3.8, 4) is 0 Å². The molecule has 0 amide bonds. The highest BCUT2D eigenvalue weighted by Crippen LogP contribution is 2.10. The first-order valence-electron chi connectivity index (χ1n) is 5.24. The normalized spacial score (nSPS) is 12.5. The smallest absolute Gasteiger partial charge is 0.335 e. The van der Waals surface area contributed by atoms with E-state index < -0.39 is 5.97 Å². The highest BCUT2D eigenvalue weighted by Gasteiger charge is 2.05. The van der Waals surface area contributed by atoms with Gasteiger partial charge in [0.15, 0.2) is 0 Å². The van der Waals surface area contributed by atoms with Crippen LogP contribution in [0.4, 0.5) is 5.69 Å². The fourth-order valence-corrected chi connectivity index (χ4v) is 1.21. The summed E-state index contributed by atoms with van der Waals surface area (Å²) in [7, 11) is 4.03. The van der Waals surface area contributed by atoms with Gasteiger partial charge in [-0.15, -0.1) is 0 Å². The summed E-state index contributed by atoms with van der Waals surface area (Å²) < 4.78 is 0. The molecule has 0 radical (unpaired) electrons. The summed E-state index contributed by atoms with van der Waals surface area (Å²) in [6.07, 6.45) is 0. The lowest BCUT2D eigenvalue weighted by Crippen LogP contribution is -2.31. The zero-order valence-corrected chi connectivity index (χ0v) is 9.90. The molecular formula is C12H18N2O2. The maximum absolute atomic E-state index is 10.8. The lowest BCUT2D eigenvalue weighted by Gasteiger charge is -2.20. The first-order valence-corrected chi connectivity index (χ1v) is 5.24. The molecule has 1 aromatic rings. The lowest BCUT2D eigenvalue weighted by molar-refractivity contribution is 0.0697. The van der Waals surface area contributed by atoms with Gasteiger partial charge in [-0.1, -0.05) is 6.07 Å². The summed E-state index contributed by atoms with van der Waals surface area (Å²) in [4.78, 5) is 12.9. The van der Waals surface area contributed by atoms with Gasteiger partial charge in [0, 0.05) is 18.3 Å². The molecule has 2 N–H and O–H groups in total. The van der Waals surface area contributed by atoms with E-state index in [-0.39, 0.29) is 0 Å². The Morgan fingerprint density at radius 3 is 2.75 bits per heavy atom. The Morgan fingerprint density at radius 2 is 2.19 bits per heavy atom. The van der Waals surface area contributed by atoms with Crippen LogP contribution < -0.4 is 5.32 Å². The number of aromatic carboxylic acids is 1. The van der Waals surface area contributed by atoms with Gasteiger partial charge >= 0.3 is 5.97 Å². The molecule has 0 fully saturated rings. The second kappa shape index (κ2) is 5.51. The maximum Gasteiger partial charge on any atom is 0.335 e. The molecule has 0 aliphatic rings. The van der Waals surface area contributed by atoms with Crippen molar-refractivity contribution >= 4 is 11.7 Å². The predicted molar refractivity (Wildman–Crippen MR) is 65.0 cm³/mol. The zero-order valence-electron chi connectivity index (χ0n) is 9.90. The molecule has 1 aromatic carbocycles. The van der Waals surface area contributed by atoms with E-state index in [1.807, 2.05) is 20.2 Å². The van der Waals surface area contributed by atoms with Gasteiger partial charge in [-0.2, -0.15) is 0 Å². The number of hydrogen-bond acceptors (Lipinski definition) is 3. The minimum Gasteiger partial charge on any atom is -0.478 e. The van der Waals surface area contributed by atoms with Gasteiger partial charge in [0.25, 0.3) is 0 Å². The van der Waals surface area contributed by atoms with Crippen molar-refractivity contribution in [1.29, 1.82) is 0 Å². The van der Waals surface area contributed by atoms with E-state index in [4.69, 9.17) is 5.11 Å². The van der Waals surface area contributed by atoms with Crippen molar-refractivity contribution in [3.63, 3.8) is 0 Å². The number of benzene rings is 1. The summed E-state index contributed by atoms with van der Waals surface area (Å²) in [5, 5.41) is 12.1. The van der Waals surface area contributed by atoms with Crippen molar-refractivity contribution in [2.24, 2.45) is 0 Å². The van der Waals surface area contributed by atoms with Crippen LogP contribution in [0.3, 0.4) is 0 Å². The Balaban J connectivity index is 2.61. The molecule has 88 valence electrons. The van der Waals surface area contributed by atoms with E-state index in [2.05, 4.69) is 17.1 Å². The molecule has 0 heterocycles. The molecule has 4 nitrogen and oxygen atoms in total. The lowest BCUT2D eigenvalue weighted by atomic mass is 10.2. The molecule has 0 aliphatic carbocycles. The summed E-state index contributed by atoms with van der Waals surface area (Å²) in [6, 6.07) is 7.24. The molecule has 0 aromatic heterocycles. The van der Waals surface area contributed by atoms with Gasteiger partial charge < -0.3 is 15.3 Å². The number of carbonyl (C=O) groups is 1. The van der Waals surface area contributed by atoms with Gasteiger partial charge in [0.1, 0.15) is 0 Å². The van der Waals surface area contributed by atoms with E-state index >= 15 is 0 Å². The molecule has 0 saturated carbocycles. The van der Waals surface area contributed by atoms with Crippen LogP contribution >= 0.6 is 0 Å². The predicted octanol–water partition coefficient (Wildman–Crippen LogP) is 1.75. The zero-order chi connectivity index (χ0) is 12.1. The monoisotopic (exact) mass is 222 g/mol. The summed E-state index contributed by atoms with van der Waals surface area (Å²) in [5.41, 5.74) is 1.15. The Kier molecular flexibility index (Phi) is 4.31. The van der Waals surface area contributed by atoms with Gasteiger partial charge in [-0.25, -0.2) is 4.79 Å². The van der Waals surface area contributed by atoms with Crippen LogP contribution in [-0.2, 0) is 0 Å². The van der Waals surface area contributed by atoms with Gasteiger partial charge in [0.2, 0.25) is 0 Å². The van der Waals surface area contributed by atoms with Crippen molar-refractivity contribution in [2.45, 2.75) is 13.0 Å². The topological polar surface area (TPSA) is 52.6 Å². The fraction of sp³-hybridized carbons (Fsp3) is 0.417. The molecule has 1 rings (SSSR count). The van der Waals surface area contributed by atoms with Crippen molar-refractivity contribution in [1.82, 2.24) is 4.90 Å². The number of anilines is 1. The SMILES string of the molecule is CC(CNc1cccc(C(=O)O)c1)N(C)C. The van der Waals surface area contributed by atoms with Crippen LogP contribution in [0.2, 0.25) is 0 Å². The average molecular weight is 222 g/mol. The second-order valence-electron chi connectivity index (χ2n) is 4.08. The molecule has 0 bridgehead atoms. The summed E-state index contributed by atoms with van der Waals surface area (Å²) >= 11 is 0. The number of carboxylic acid groups (broad SMARTS) is 1. The molecule has 1 unspecified atom stereocenters. The second-order valence-corrected chi connectivity index (χ2v) is 4.08. The van der Waals surface area contributed by atoms with Gasteiger partial charge in [-0.3, -0.25) is 0 Å². The largest absolute Gasteiger partial charge is 0.478 e. The molecule has 16 heavy (non-hydrogen) atoms. The Labute approximate surface area is 95.9 Å². The molecule has 0 spiro atoms. The summed E-state index contributed by atoms with van der Waals surface area (Å²) in [5.74, 6) is -0.899. The van der Waals surface area contributed by atoms with E-state index in [1.165, 1.54) is 0 Å². The third-order valence-corrected chi connectivity index (χ3v) is 2.59. The Morgan fingerprint density at radius 1 is 1.50 bits per heavy atom. The number of carboxylic acids is 1. The third-order valence-electron chi connectivity index (χ3n) is 2.59. The van der Waals surface area contributed by atoms with Crippen molar-refractivity contribution in [3.05, 3.63) is 29.8 Å². The molecule has 1 atom stereocenters. The van der Waals surface area contributed by atoms with E-state index in [1.54, 1.807) is 18.2 Å². The fourth-order valence-electron chi connectivity index (χ4n) is 1.21. The number of rotatable bonds is 5. The highest BCUT2D eigenvalue weighted by atomic mass is 16.4. The van der Waals surface area contributed by atoms with Crippen LogP contribution in [-0.4, -0.2) is 42.7 Å². The molecule has 4 heteroatoms. The highest BCUT2D eigenvalue weighted by molar-refractivity contribution is 5.88. The number of likely N-dealkylation sites (N-methyl/N-ethyl adjacent to an activating group) is 1. The van der Waals surface area contributed by atoms with E-state index in [0.717, 1.165) is 12.2 Å². The van der Waals surface area contributed by atoms with Gasteiger partial charge in [-0.05, 0) is 39.2 Å². The minimum absolute atomic E-state index is 0.308. The number of hydrogen-bond donors (Lipinski definition) is 2. The first-order chi connectivity index (χ1) is 7.50. The van der Waals surface area contributed by atoms with Crippen LogP contribution in [0.25, 0.3) is 0 Å². The van der Waals surface area contributed by atoms with E-state index in [0.29, 0.717) is 11.6 Å². The van der Waals surface area contributed by atoms with Crippen LogP contribution in [0, 0.1) is 0 Å². The average Bonchev–Trinajstić information content (AvgIpc) is 2.26. The number of nitrogens with zero attached hydrogens (tertiary/aromatic N) is 1. The van der Waals surface area contributed by atoms with Gasteiger partial charge in [0.05, 0.1) is 5.56 Å².